The first kappa shape index (κ1) is 14.7. The topological polar surface area (TPSA) is 38.3 Å². The number of alkyl carbamates (subject to hydrolysis) is 1. The van der Waals surface area contributed by atoms with Gasteiger partial charge in [-0.1, -0.05) is 19.3 Å². The summed E-state index contributed by atoms with van der Waals surface area (Å²) < 4.78 is 5.49. The molecular weight excluding hydrogens is 234 g/mol. The SMILES string of the molecule is CSC1(CNC(=O)OC(C)(C)C)CCCCC1. The lowest BCUT2D eigenvalue weighted by atomic mass is 9.88. The Morgan fingerprint density at radius 3 is 2.35 bits per heavy atom. The van der Waals surface area contributed by atoms with Gasteiger partial charge in [-0.2, -0.15) is 11.8 Å². The molecule has 0 atom stereocenters. The maximum atomic E-state index is 11.6. The molecule has 1 aliphatic carbocycles. The highest BCUT2D eigenvalue weighted by atomic mass is 32.2. The molecule has 0 saturated heterocycles. The first-order valence-electron chi connectivity index (χ1n) is 6.39. The Bertz CT molecular complexity index is 255. The van der Waals surface area contributed by atoms with Gasteiger partial charge < -0.3 is 10.1 Å². The summed E-state index contributed by atoms with van der Waals surface area (Å²) in [6.07, 6.45) is 8.12. The van der Waals surface area contributed by atoms with Crippen molar-refractivity contribution in [2.24, 2.45) is 0 Å². The third-order valence-electron chi connectivity index (χ3n) is 3.15. The molecule has 4 heteroatoms. The zero-order valence-electron chi connectivity index (χ0n) is 11.5. The summed E-state index contributed by atoms with van der Waals surface area (Å²) in [6.45, 7) is 6.38. The maximum absolute atomic E-state index is 11.6. The summed E-state index contributed by atoms with van der Waals surface area (Å²) in [7, 11) is 0. The lowest BCUT2D eigenvalue weighted by Crippen LogP contribution is -2.43. The molecule has 3 nitrogen and oxygen atoms in total. The number of rotatable bonds is 3. The fourth-order valence-corrected chi connectivity index (χ4v) is 3.11. The van der Waals surface area contributed by atoms with E-state index in [1.807, 2.05) is 32.5 Å². The number of hydrogen-bond donors (Lipinski definition) is 1. The van der Waals surface area contributed by atoms with Crippen LogP contribution in [0, 0.1) is 0 Å². The predicted molar refractivity (Wildman–Crippen MR) is 73.6 cm³/mol. The molecule has 1 saturated carbocycles. The van der Waals surface area contributed by atoms with Gasteiger partial charge >= 0.3 is 6.09 Å². The summed E-state index contributed by atoms with van der Waals surface area (Å²) in [5.74, 6) is 0. The normalized spacial score (nSPS) is 19.8. The molecule has 17 heavy (non-hydrogen) atoms. The lowest BCUT2D eigenvalue weighted by molar-refractivity contribution is 0.0519. The fourth-order valence-electron chi connectivity index (χ4n) is 2.20. The van der Waals surface area contributed by atoms with Crippen LogP contribution in [0.4, 0.5) is 4.79 Å². The van der Waals surface area contributed by atoms with E-state index in [9.17, 15) is 4.79 Å². The summed E-state index contributed by atoms with van der Waals surface area (Å²) in [5, 5.41) is 2.92. The Balaban J connectivity index is 2.39. The van der Waals surface area contributed by atoms with E-state index in [-0.39, 0.29) is 10.8 Å². The van der Waals surface area contributed by atoms with Crippen molar-refractivity contribution in [3.05, 3.63) is 0 Å². The fraction of sp³-hybridized carbons (Fsp3) is 0.923. The molecule has 1 N–H and O–H groups in total. The molecular formula is C13H25NO2S. The van der Waals surface area contributed by atoms with E-state index >= 15 is 0 Å². The molecule has 1 aliphatic rings. The molecule has 0 bridgehead atoms. The van der Waals surface area contributed by atoms with E-state index in [0.717, 1.165) is 6.54 Å². The number of carbonyl (C=O) groups is 1. The number of carbonyl (C=O) groups excluding carboxylic acids is 1. The van der Waals surface area contributed by atoms with E-state index < -0.39 is 5.60 Å². The van der Waals surface area contributed by atoms with Crippen LogP contribution in [0.5, 0.6) is 0 Å². The highest BCUT2D eigenvalue weighted by Gasteiger charge is 2.32. The van der Waals surface area contributed by atoms with Gasteiger partial charge in [0.1, 0.15) is 5.60 Å². The van der Waals surface area contributed by atoms with Crippen LogP contribution in [0.2, 0.25) is 0 Å². The zero-order chi connectivity index (χ0) is 12.9. The largest absolute Gasteiger partial charge is 0.444 e. The molecule has 1 rings (SSSR count). The lowest BCUT2D eigenvalue weighted by Gasteiger charge is -2.36. The molecule has 1 fully saturated rings. The van der Waals surface area contributed by atoms with Crippen molar-refractivity contribution >= 4 is 17.9 Å². The summed E-state index contributed by atoms with van der Waals surface area (Å²) in [6, 6.07) is 0. The molecule has 0 unspecified atom stereocenters. The minimum absolute atomic E-state index is 0.231. The molecule has 0 spiro atoms. The molecule has 0 aromatic rings. The average Bonchev–Trinajstić information content (AvgIpc) is 2.25. The maximum Gasteiger partial charge on any atom is 0.407 e. The van der Waals surface area contributed by atoms with Crippen LogP contribution in [-0.2, 0) is 4.74 Å². The molecule has 0 heterocycles. The number of ether oxygens (including phenoxy) is 1. The number of amides is 1. The van der Waals surface area contributed by atoms with Crippen molar-refractivity contribution in [3.8, 4) is 0 Å². The van der Waals surface area contributed by atoms with Crippen LogP contribution < -0.4 is 5.32 Å². The van der Waals surface area contributed by atoms with Gasteiger partial charge in [-0.25, -0.2) is 4.79 Å². The van der Waals surface area contributed by atoms with E-state index in [4.69, 9.17) is 4.74 Å². The number of thioether (sulfide) groups is 1. The van der Waals surface area contributed by atoms with Crippen molar-refractivity contribution in [1.82, 2.24) is 5.32 Å². The average molecular weight is 259 g/mol. The predicted octanol–water partition coefficient (Wildman–Crippen LogP) is 3.58. The Labute approximate surface area is 109 Å². The zero-order valence-corrected chi connectivity index (χ0v) is 12.3. The van der Waals surface area contributed by atoms with Crippen molar-refractivity contribution < 1.29 is 9.53 Å². The van der Waals surface area contributed by atoms with E-state index in [1.165, 1.54) is 32.1 Å². The van der Waals surface area contributed by atoms with Crippen LogP contribution >= 0.6 is 11.8 Å². The first-order chi connectivity index (χ1) is 7.87. The van der Waals surface area contributed by atoms with Gasteiger partial charge in [0.2, 0.25) is 0 Å². The van der Waals surface area contributed by atoms with Gasteiger partial charge in [-0.15, -0.1) is 0 Å². The minimum atomic E-state index is -0.414. The molecule has 0 aromatic carbocycles. The Morgan fingerprint density at radius 1 is 1.29 bits per heavy atom. The highest BCUT2D eigenvalue weighted by molar-refractivity contribution is 8.00. The molecule has 1 amide bonds. The van der Waals surface area contributed by atoms with Crippen LogP contribution in [0.3, 0.4) is 0 Å². The van der Waals surface area contributed by atoms with E-state index in [1.54, 1.807) is 0 Å². The summed E-state index contributed by atoms with van der Waals surface area (Å²) in [5.41, 5.74) is -0.414. The van der Waals surface area contributed by atoms with Gasteiger partial charge in [-0.05, 0) is 39.9 Å². The van der Waals surface area contributed by atoms with Crippen LogP contribution in [0.15, 0.2) is 0 Å². The smallest absolute Gasteiger partial charge is 0.407 e. The minimum Gasteiger partial charge on any atom is -0.444 e. The van der Waals surface area contributed by atoms with Crippen molar-refractivity contribution in [2.75, 3.05) is 12.8 Å². The molecule has 0 radical (unpaired) electrons. The Hall–Kier alpha value is -0.380. The second kappa shape index (κ2) is 5.98. The third-order valence-corrected chi connectivity index (χ3v) is 4.57. The first-order valence-corrected chi connectivity index (χ1v) is 7.61. The van der Waals surface area contributed by atoms with Gasteiger partial charge in [0.15, 0.2) is 0 Å². The molecule has 0 aromatic heterocycles. The van der Waals surface area contributed by atoms with E-state index in [2.05, 4.69) is 11.6 Å². The van der Waals surface area contributed by atoms with Gasteiger partial charge in [0.05, 0.1) is 0 Å². The van der Waals surface area contributed by atoms with Crippen molar-refractivity contribution in [2.45, 2.75) is 63.2 Å². The van der Waals surface area contributed by atoms with Crippen LogP contribution in [0.1, 0.15) is 52.9 Å². The quantitative estimate of drug-likeness (QED) is 0.842. The third kappa shape index (κ3) is 5.19. The molecule has 100 valence electrons. The monoisotopic (exact) mass is 259 g/mol. The van der Waals surface area contributed by atoms with Crippen LogP contribution in [-0.4, -0.2) is 29.2 Å². The van der Waals surface area contributed by atoms with Crippen LogP contribution in [0.25, 0.3) is 0 Å². The van der Waals surface area contributed by atoms with Gasteiger partial charge in [0.25, 0.3) is 0 Å². The Kier molecular flexibility index (Phi) is 5.17. The molecule has 0 aliphatic heterocycles. The van der Waals surface area contributed by atoms with Gasteiger partial charge in [0, 0.05) is 11.3 Å². The number of hydrogen-bond acceptors (Lipinski definition) is 3. The second-order valence-electron chi connectivity index (χ2n) is 5.80. The summed E-state index contributed by atoms with van der Waals surface area (Å²) in [4.78, 5) is 11.6. The van der Waals surface area contributed by atoms with Gasteiger partial charge in [-0.3, -0.25) is 0 Å². The highest BCUT2D eigenvalue weighted by Crippen LogP contribution is 2.37. The standard InChI is InChI=1S/C13H25NO2S/c1-12(2,3)16-11(15)14-10-13(17-4)8-6-5-7-9-13/h5-10H2,1-4H3,(H,14,15). The Morgan fingerprint density at radius 2 is 1.88 bits per heavy atom. The van der Waals surface area contributed by atoms with E-state index in [0.29, 0.717) is 0 Å². The number of nitrogens with one attached hydrogen (secondary N) is 1. The van der Waals surface area contributed by atoms with Crippen molar-refractivity contribution in [3.63, 3.8) is 0 Å². The van der Waals surface area contributed by atoms with Crippen molar-refractivity contribution in [1.29, 1.82) is 0 Å². The second-order valence-corrected chi connectivity index (χ2v) is 7.08. The summed E-state index contributed by atoms with van der Waals surface area (Å²) >= 11 is 1.88.